The number of benzene rings is 3. The predicted octanol–water partition coefficient (Wildman–Crippen LogP) is 4.62. The van der Waals surface area contributed by atoms with Gasteiger partial charge in [-0.3, -0.25) is 14.9 Å². The van der Waals surface area contributed by atoms with Gasteiger partial charge in [-0.2, -0.15) is 0 Å². The van der Waals surface area contributed by atoms with Gasteiger partial charge in [0, 0.05) is 22.8 Å². The van der Waals surface area contributed by atoms with Gasteiger partial charge < -0.3 is 14.8 Å². The van der Waals surface area contributed by atoms with Crippen LogP contribution in [0.2, 0.25) is 5.02 Å². The van der Waals surface area contributed by atoms with Gasteiger partial charge in [0.05, 0.1) is 4.92 Å². The minimum absolute atomic E-state index is 0.165. The number of amides is 1. The molecule has 0 unspecified atom stereocenters. The summed E-state index contributed by atoms with van der Waals surface area (Å²) in [5, 5.41) is 13.9. The van der Waals surface area contributed by atoms with Crippen molar-refractivity contribution in [1.29, 1.82) is 0 Å². The largest absolute Gasteiger partial charge is 0.488 e. The molecule has 0 atom stereocenters. The molecular formula is C22H17ClN2O6. The monoisotopic (exact) mass is 440 g/mol. The standard InChI is InChI=1S/C22H17ClN2O6/c23-16-10-8-15(9-11-16)13-30-20-7-2-1-6-19(20)22(27)31-14-21(26)24-17-4-3-5-18(12-17)25(28)29/h1-12H,13-14H2,(H,24,26). The third-order valence-electron chi connectivity index (χ3n) is 4.09. The zero-order valence-electron chi connectivity index (χ0n) is 16.1. The Morgan fingerprint density at radius 3 is 2.48 bits per heavy atom. The Hall–Kier alpha value is -3.91. The van der Waals surface area contributed by atoms with E-state index in [1.54, 1.807) is 30.3 Å². The number of nitro groups is 1. The highest BCUT2D eigenvalue weighted by atomic mass is 35.5. The number of ether oxygens (including phenoxy) is 2. The number of para-hydroxylation sites is 1. The van der Waals surface area contributed by atoms with Gasteiger partial charge in [-0.25, -0.2) is 4.79 Å². The summed E-state index contributed by atoms with van der Waals surface area (Å²) in [4.78, 5) is 34.7. The van der Waals surface area contributed by atoms with Gasteiger partial charge in [0.1, 0.15) is 17.9 Å². The third-order valence-corrected chi connectivity index (χ3v) is 4.34. The normalized spacial score (nSPS) is 10.2. The van der Waals surface area contributed by atoms with E-state index in [0.717, 1.165) is 5.56 Å². The number of esters is 1. The van der Waals surface area contributed by atoms with Crippen LogP contribution in [-0.4, -0.2) is 23.4 Å². The van der Waals surface area contributed by atoms with Gasteiger partial charge in [-0.1, -0.05) is 41.9 Å². The molecule has 158 valence electrons. The fourth-order valence-electron chi connectivity index (χ4n) is 2.61. The minimum atomic E-state index is -0.735. The number of non-ortho nitro benzene ring substituents is 1. The summed E-state index contributed by atoms with van der Waals surface area (Å²) in [6, 6.07) is 19.0. The average Bonchev–Trinajstić information content (AvgIpc) is 2.77. The fourth-order valence-corrected chi connectivity index (χ4v) is 2.73. The van der Waals surface area contributed by atoms with E-state index in [-0.39, 0.29) is 23.5 Å². The highest BCUT2D eigenvalue weighted by molar-refractivity contribution is 6.30. The molecule has 0 fully saturated rings. The number of carbonyl (C=O) groups excluding carboxylic acids is 2. The molecule has 3 aromatic carbocycles. The Balaban J connectivity index is 1.57. The van der Waals surface area contributed by atoms with Crippen molar-refractivity contribution in [1.82, 2.24) is 0 Å². The Labute approximate surface area is 182 Å². The zero-order chi connectivity index (χ0) is 22.2. The molecule has 1 N–H and O–H groups in total. The quantitative estimate of drug-likeness (QED) is 0.311. The first-order chi connectivity index (χ1) is 14.9. The summed E-state index contributed by atoms with van der Waals surface area (Å²) >= 11 is 5.86. The molecule has 0 saturated heterocycles. The lowest BCUT2D eigenvalue weighted by Gasteiger charge is -2.11. The smallest absolute Gasteiger partial charge is 0.342 e. The second kappa shape index (κ2) is 10.2. The molecule has 8 nitrogen and oxygen atoms in total. The van der Waals surface area contributed by atoms with Crippen molar-refractivity contribution >= 4 is 34.9 Å². The molecular weight excluding hydrogens is 424 g/mol. The molecule has 0 radical (unpaired) electrons. The van der Waals surface area contributed by atoms with E-state index in [0.29, 0.717) is 10.8 Å². The number of hydrogen-bond acceptors (Lipinski definition) is 6. The second-order valence-corrected chi connectivity index (χ2v) is 6.78. The lowest BCUT2D eigenvalue weighted by atomic mass is 10.2. The molecule has 0 aliphatic rings. The predicted molar refractivity (Wildman–Crippen MR) is 114 cm³/mol. The van der Waals surface area contributed by atoms with Crippen molar-refractivity contribution in [3.05, 3.63) is 99.1 Å². The van der Waals surface area contributed by atoms with Gasteiger partial charge in [-0.15, -0.1) is 0 Å². The summed E-state index contributed by atoms with van der Waals surface area (Å²) in [7, 11) is 0. The molecule has 31 heavy (non-hydrogen) atoms. The molecule has 9 heteroatoms. The van der Waals surface area contributed by atoms with Crippen LogP contribution >= 0.6 is 11.6 Å². The van der Waals surface area contributed by atoms with Crippen LogP contribution in [0.15, 0.2) is 72.8 Å². The maximum absolute atomic E-state index is 12.4. The number of nitro benzene ring substituents is 1. The average molecular weight is 441 g/mol. The van der Waals surface area contributed by atoms with E-state index in [2.05, 4.69) is 5.32 Å². The van der Waals surface area contributed by atoms with Crippen LogP contribution in [0.1, 0.15) is 15.9 Å². The number of nitrogens with one attached hydrogen (secondary N) is 1. The topological polar surface area (TPSA) is 108 Å². The van der Waals surface area contributed by atoms with E-state index >= 15 is 0 Å². The van der Waals surface area contributed by atoms with Gasteiger partial charge in [0.15, 0.2) is 6.61 Å². The van der Waals surface area contributed by atoms with Crippen LogP contribution in [0, 0.1) is 10.1 Å². The maximum atomic E-state index is 12.4. The van der Waals surface area contributed by atoms with Gasteiger partial charge in [0.2, 0.25) is 0 Å². The molecule has 0 spiro atoms. The molecule has 0 bridgehead atoms. The van der Waals surface area contributed by atoms with Crippen LogP contribution in [0.25, 0.3) is 0 Å². The minimum Gasteiger partial charge on any atom is -0.488 e. The highest BCUT2D eigenvalue weighted by Crippen LogP contribution is 2.21. The van der Waals surface area contributed by atoms with Gasteiger partial charge in [0.25, 0.3) is 11.6 Å². The maximum Gasteiger partial charge on any atom is 0.342 e. The van der Waals surface area contributed by atoms with E-state index in [9.17, 15) is 19.7 Å². The fraction of sp³-hybridized carbons (Fsp3) is 0.0909. The summed E-state index contributed by atoms with van der Waals surface area (Å²) in [6.45, 7) is -0.345. The van der Waals surface area contributed by atoms with Gasteiger partial charge in [-0.05, 0) is 35.9 Å². The van der Waals surface area contributed by atoms with Crippen molar-refractivity contribution < 1.29 is 24.0 Å². The van der Waals surface area contributed by atoms with E-state index in [4.69, 9.17) is 21.1 Å². The number of rotatable bonds is 8. The first kappa shape index (κ1) is 21.8. The number of hydrogen-bond donors (Lipinski definition) is 1. The molecule has 0 saturated carbocycles. The van der Waals surface area contributed by atoms with Crippen molar-refractivity contribution in [3.8, 4) is 5.75 Å². The number of anilines is 1. The first-order valence-electron chi connectivity index (χ1n) is 9.10. The number of nitrogens with zero attached hydrogens (tertiary/aromatic N) is 1. The van der Waals surface area contributed by atoms with Crippen LogP contribution in [0.5, 0.6) is 5.75 Å². The van der Waals surface area contributed by atoms with Crippen LogP contribution < -0.4 is 10.1 Å². The van der Waals surface area contributed by atoms with Crippen molar-refractivity contribution in [2.45, 2.75) is 6.61 Å². The Bertz CT molecular complexity index is 1100. The van der Waals surface area contributed by atoms with E-state index < -0.39 is 23.4 Å². The molecule has 3 aromatic rings. The summed E-state index contributed by atoms with van der Waals surface area (Å²) in [5.41, 5.74) is 1.09. The molecule has 0 aliphatic carbocycles. The summed E-state index contributed by atoms with van der Waals surface area (Å²) in [5.74, 6) is -1.06. The third kappa shape index (κ3) is 6.28. The molecule has 3 rings (SSSR count). The first-order valence-corrected chi connectivity index (χ1v) is 9.48. The molecule has 1 amide bonds. The SMILES string of the molecule is O=C(COC(=O)c1ccccc1OCc1ccc(Cl)cc1)Nc1cccc([N+](=O)[O-])c1. The lowest BCUT2D eigenvalue weighted by Crippen LogP contribution is -2.21. The van der Waals surface area contributed by atoms with Crippen LogP contribution in [0.4, 0.5) is 11.4 Å². The Morgan fingerprint density at radius 2 is 1.74 bits per heavy atom. The Kier molecular flexibility index (Phi) is 7.18. The van der Waals surface area contributed by atoms with Crippen LogP contribution in [-0.2, 0) is 16.1 Å². The van der Waals surface area contributed by atoms with Crippen LogP contribution in [0.3, 0.4) is 0 Å². The van der Waals surface area contributed by atoms with Crippen molar-refractivity contribution in [3.63, 3.8) is 0 Å². The van der Waals surface area contributed by atoms with Crippen molar-refractivity contribution in [2.75, 3.05) is 11.9 Å². The Morgan fingerprint density at radius 1 is 1.00 bits per heavy atom. The zero-order valence-corrected chi connectivity index (χ0v) is 16.9. The molecule has 0 aromatic heterocycles. The van der Waals surface area contributed by atoms with Crippen molar-refractivity contribution in [2.24, 2.45) is 0 Å². The molecule has 0 aliphatic heterocycles. The van der Waals surface area contributed by atoms with E-state index in [1.165, 1.54) is 30.3 Å². The van der Waals surface area contributed by atoms with E-state index in [1.807, 2.05) is 12.1 Å². The number of halogens is 1. The second-order valence-electron chi connectivity index (χ2n) is 6.34. The summed E-state index contributed by atoms with van der Waals surface area (Å²) < 4.78 is 10.8. The van der Waals surface area contributed by atoms with Gasteiger partial charge >= 0.3 is 5.97 Å². The molecule has 0 heterocycles. The lowest BCUT2D eigenvalue weighted by molar-refractivity contribution is -0.384. The highest BCUT2D eigenvalue weighted by Gasteiger charge is 2.16. The number of carbonyl (C=O) groups is 2. The summed E-state index contributed by atoms with van der Waals surface area (Å²) in [6.07, 6.45) is 0.